The van der Waals surface area contributed by atoms with E-state index in [1.807, 2.05) is 0 Å². The predicted octanol–water partition coefficient (Wildman–Crippen LogP) is 3.22. The van der Waals surface area contributed by atoms with Crippen LogP contribution < -0.4 is 11.3 Å². The maximum absolute atomic E-state index is 5.70. The third-order valence-corrected chi connectivity index (χ3v) is 4.55. The highest BCUT2D eigenvalue weighted by atomic mass is 79.9. The largest absolute Gasteiger partial charge is 0.378 e. The van der Waals surface area contributed by atoms with Crippen LogP contribution in [0.1, 0.15) is 42.9 Å². The van der Waals surface area contributed by atoms with Crippen LogP contribution in [0.15, 0.2) is 22.7 Å². The molecule has 4 heteroatoms. The molecule has 1 fully saturated rings. The number of hydrogen-bond donors (Lipinski definition) is 2. The zero-order valence-corrected chi connectivity index (χ0v) is 12.4. The predicted molar refractivity (Wildman–Crippen MR) is 77.2 cm³/mol. The molecule has 1 aliphatic rings. The first-order valence-corrected chi connectivity index (χ1v) is 7.34. The van der Waals surface area contributed by atoms with Gasteiger partial charge < -0.3 is 4.74 Å². The molecule has 0 spiro atoms. The summed E-state index contributed by atoms with van der Waals surface area (Å²) in [5, 5.41) is 0. The molecule has 0 saturated carbocycles. The van der Waals surface area contributed by atoms with E-state index in [2.05, 4.69) is 46.5 Å². The fraction of sp³-hybridized carbons (Fsp3) is 0.571. The van der Waals surface area contributed by atoms with E-state index in [1.165, 1.54) is 24.0 Å². The van der Waals surface area contributed by atoms with Crippen molar-refractivity contribution in [1.29, 1.82) is 0 Å². The first-order chi connectivity index (χ1) is 8.72. The molecule has 2 atom stereocenters. The van der Waals surface area contributed by atoms with E-state index < -0.39 is 0 Å². The van der Waals surface area contributed by atoms with Crippen LogP contribution in [0.3, 0.4) is 0 Å². The van der Waals surface area contributed by atoms with E-state index in [4.69, 9.17) is 10.6 Å². The molecular weight excluding hydrogens is 292 g/mol. The van der Waals surface area contributed by atoms with E-state index in [1.54, 1.807) is 0 Å². The number of rotatable bonds is 5. The van der Waals surface area contributed by atoms with Gasteiger partial charge >= 0.3 is 0 Å². The summed E-state index contributed by atoms with van der Waals surface area (Å²) in [4.78, 5) is 0. The SMILES string of the molecule is Cc1c(Br)cccc1C(CCC1CCCO1)NN. The number of nitrogens with one attached hydrogen (secondary N) is 1. The van der Waals surface area contributed by atoms with Gasteiger partial charge in [0.15, 0.2) is 0 Å². The molecule has 1 aromatic carbocycles. The zero-order chi connectivity index (χ0) is 13.0. The summed E-state index contributed by atoms with van der Waals surface area (Å²) in [7, 11) is 0. The van der Waals surface area contributed by atoms with Crippen LogP contribution in [0.25, 0.3) is 0 Å². The minimum Gasteiger partial charge on any atom is -0.378 e. The maximum atomic E-state index is 5.70. The Labute approximate surface area is 117 Å². The number of halogens is 1. The second kappa shape index (κ2) is 6.66. The van der Waals surface area contributed by atoms with Gasteiger partial charge in [0.2, 0.25) is 0 Å². The van der Waals surface area contributed by atoms with Gasteiger partial charge in [-0.1, -0.05) is 28.1 Å². The van der Waals surface area contributed by atoms with Crippen LogP contribution in [-0.4, -0.2) is 12.7 Å². The Morgan fingerprint density at radius 3 is 3.06 bits per heavy atom. The van der Waals surface area contributed by atoms with Crippen LogP contribution in [0.2, 0.25) is 0 Å². The maximum Gasteiger partial charge on any atom is 0.0576 e. The molecule has 0 radical (unpaired) electrons. The van der Waals surface area contributed by atoms with Crippen LogP contribution in [0, 0.1) is 6.92 Å². The molecule has 3 nitrogen and oxygen atoms in total. The molecule has 0 aliphatic carbocycles. The number of hydrogen-bond acceptors (Lipinski definition) is 3. The first-order valence-electron chi connectivity index (χ1n) is 6.55. The monoisotopic (exact) mass is 312 g/mol. The van der Waals surface area contributed by atoms with Crippen LogP contribution in [0.4, 0.5) is 0 Å². The van der Waals surface area contributed by atoms with Gasteiger partial charge in [-0.05, 0) is 49.8 Å². The van der Waals surface area contributed by atoms with Gasteiger partial charge in [0, 0.05) is 17.1 Å². The third kappa shape index (κ3) is 3.32. The highest BCUT2D eigenvalue weighted by Gasteiger charge is 2.19. The highest BCUT2D eigenvalue weighted by molar-refractivity contribution is 9.10. The normalized spacial score (nSPS) is 21.2. The molecule has 100 valence electrons. The molecule has 1 saturated heterocycles. The summed E-state index contributed by atoms with van der Waals surface area (Å²) in [6.45, 7) is 3.04. The van der Waals surface area contributed by atoms with Gasteiger partial charge in [-0.15, -0.1) is 0 Å². The fourth-order valence-corrected chi connectivity index (χ4v) is 2.94. The molecular formula is C14H21BrN2O. The number of benzene rings is 1. The van der Waals surface area contributed by atoms with Crippen LogP contribution in [-0.2, 0) is 4.74 Å². The van der Waals surface area contributed by atoms with Crippen LogP contribution >= 0.6 is 15.9 Å². The van der Waals surface area contributed by atoms with E-state index >= 15 is 0 Å². The van der Waals surface area contributed by atoms with Gasteiger partial charge in [0.05, 0.1) is 6.10 Å². The molecule has 18 heavy (non-hydrogen) atoms. The summed E-state index contributed by atoms with van der Waals surface area (Å²) in [5.41, 5.74) is 5.46. The topological polar surface area (TPSA) is 47.3 Å². The Balaban J connectivity index is 2.00. The van der Waals surface area contributed by atoms with Crippen molar-refractivity contribution in [3.05, 3.63) is 33.8 Å². The summed E-state index contributed by atoms with van der Waals surface area (Å²) in [6.07, 6.45) is 4.89. The van der Waals surface area contributed by atoms with Crippen molar-refractivity contribution in [2.24, 2.45) is 5.84 Å². The standard InChI is InChI=1S/C14H21BrN2O/c1-10-12(5-2-6-13(10)15)14(17-16)8-7-11-4-3-9-18-11/h2,5-6,11,14,17H,3-4,7-9,16H2,1H3. The lowest BCUT2D eigenvalue weighted by Gasteiger charge is -2.20. The van der Waals surface area contributed by atoms with Crippen LogP contribution in [0.5, 0.6) is 0 Å². The Bertz CT molecular complexity index is 391. The lowest BCUT2D eigenvalue weighted by Crippen LogP contribution is -2.29. The lowest BCUT2D eigenvalue weighted by molar-refractivity contribution is 0.0996. The van der Waals surface area contributed by atoms with Gasteiger partial charge in [-0.3, -0.25) is 11.3 Å². The Kier molecular flexibility index (Phi) is 5.18. The first kappa shape index (κ1) is 14.0. The summed E-state index contributed by atoms with van der Waals surface area (Å²) in [6, 6.07) is 6.46. The average Bonchev–Trinajstić information content (AvgIpc) is 2.88. The fourth-order valence-electron chi connectivity index (χ4n) is 2.55. The highest BCUT2D eigenvalue weighted by Crippen LogP contribution is 2.28. The van der Waals surface area contributed by atoms with Crippen molar-refractivity contribution < 1.29 is 4.74 Å². The van der Waals surface area contributed by atoms with Gasteiger partial charge in [0.25, 0.3) is 0 Å². The van der Waals surface area contributed by atoms with E-state index in [0.29, 0.717) is 6.10 Å². The molecule has 1 aromatic rings. The smallest absolute Gasteiger partial charge is 0.0576 e. The van der Waals surface area contributed by atoms with Crippen molar-refractivity contribution >= 4 is 15.9 Å². The Hall–Kier alpha value is -0.420. The number of ether oxygens (including phenoxy) is 1. The second-order valence-electron chi connectivity index (χ2n) is 4.89. The zero-order valence-electron chi connectivity index (χ0n) is 10.8. The Morgan fingerprint density at radius 1 is 1.56 bits per heavy atom. The molecule has 1 aliphatic heterocycles. The van der Waals surface area contributed by atoms with Crippen molar-refractivity contribution in [2.45, 2.75) is 44.8 Å². The molecule has 1 heterocycles. The van der Waals surface area contributed by atoms with Gasteiger partial charge in [-0.25, -0.2) is 0 Å². The van der Waals surface area contributed by atoms with E-state index in [-0.39, 0.29) is 6.04 Å². The Morgan fingerprint density at radius 2 is 2.39 bits per heavy atom. The van der Waals surface area contributed by atoms with Crippen molar-refractivity contribution in [2.75, 3.05) is 6.61 Å². The molecule has 0 aromatic heterocycles. The summed E-state index contributed by atoms with van der Waals surface area (Å²) >= 11 is 3.57. The number of nitrogens with two attached hydrogens (primary N) is 1. The molecule has 2 rings (SSSR count). The van der Waals surface area contributed by atoms with Crippen molar-refractivity contribution in [3.63, 3.8) is 0 Å². The lowest BCUT2D eigenvalue weighted by atomic mass is 9.96. The quantitative estimate of drug-likeness (QED) is 0.648. The molecule has 0 amide bonds. The third-order valence-electron chi connectivity index (χ3n) is 3.69. The average molecular weight is 313 g/mol. The van der Waals surface area contributed by atoms with E-state index in [9.17, 15) is 0 Å². The number of hydrazine groups is 1. The van der Waals surface area contributed by atoms with Gasteiger partial charge in [-0.2, -0.15) is 0 Å². The molecule has 2 unspecified atom stereocenters. The minimum absolute atomic E-state index is 0.201. The minimum atomic E-state index is 0.201. The van der Waals surface area contributed by atoms with Gasteiger partial charge in [0.1, 0.15) is 0 Å². The van der Waals surface area contributed by atoms with E-state index in [0.717, 1.165) is 23.9 Å². The van der Waals surface area contributed by atoms with Crippen molar-refractivity contribution in [1.82, 2.24) is 5.43 Å². The van der Waals surface area contributed by atoms with Crippen molar-refractivity contribution in [3.8, 4) is 0 Å². The molecule has 3 N–H and O–H groups in total. The second-order valence-corrected chi connectivity index (χ2v) is 5.74. The molecule has 0 bridgehead atoms. The summed E-state index contributed by atoms with van der Waals surface area (Å²) < 4.78 is 6.80. The summed E-state index contributed by atoms with van der Waals surface area (Å²) in [5.74, 6) is 5.70.